The first-order valence-electron chi connectivity index (χ1n) is 16.1. The minimum absolute atomic E-state index is 0.697. The molecule has 1 fully saturated rings. The Morgan fingerprint density at radius 1 is 0.432 bits per heavy atom. The monoisotopic (exact) mass is 583 g/mol. The predicted molar refractivity (Wildman–Crippen MR) is 190 cm³/mol. The topological polar surface area (TPSA) is 4.93 Å². The average molecular weight is 584 g/mol. The van der Waals surface area contributed by atoms with Gasteiger partial charge < -0.3 is 4.57 Å². The second kappa shape index (κ2) is 11.4. The number of aromatic nitrogens is 1. The van der Waals surface area contributed by atoms with Gasteiger partial charge in [0, 0.05) is 16.5 Å². The first-order chi connectivity index (χ1) is 21.8. The van der Waals surface area contributed by atoms with E-state index in [2.05, 4.69) is 162 Å². The van der Waals surface area contributed by atoms with Crippen LogP contribution in [0.3, 0.4) is 0 Å². The van der Waals surface area contributed by atoms with Crippen molar-refractivity contribution in [2.45, 2.75) is 38.0 Å². The Morgan fingerprint density at radius 2 is 0.955 bits per heavy atom. The van der Waals surface area contributed by atoms with Crippen LogP contribution in [-0.2, 0) is 0 Å². The molecule has 1 aliphatic carbocycles. The van der Waals surface area contributed by atoms with Crippen LogP contribution in [0.25, 0.3) is 27.5 Å². The first-order valence-corrected chi connectivity index (χ1v) is 18.1. The van der Waals surface area contributed by atoms with Gasteiger partial charge in [0.15, 0.2) is 8.07 Å². The normalized spacial score (nSPS) is 14.3. The third kappa shape index (κ3) is 4.44. The fourth-order valence-electron chi connectivity index (χ4n) is 7.88. The Morgan fingerprint density at radius 3 is 1.61 bits per heavy atom. The molecule has 0 aliphatic heterocycles. The molecule has 1 nitrogen and oxygen atoms in total. The number of hydrogen-bond donors (Lipinski definition) is 0. The summed E-state index contributed by atoms with van der Waals surface area (Å²) >= 11 is 0. The summed E-state index contributed by atoms with van der Waals surface area (Å²) in [7, 11) is -2.66. The second-order valence-electron chi connectivity index (χ2n) is 12.4. The maximum atomic E-state index is 2.53. The molecular weight excluding hydrogens is 547 g/mol. The molecule has 0 bridgehead atoms. The highest BCUT2D eigenvalue weighted by Crippen LogP contribution is 2.33. The van der Waals surface area contributed by atoms with Crippen LogP contribution in [-0.4, -0.2) is 12.6 Å². The lowest BCUT2D eigenvalue weighted by Gasteiger charge is -2.35. The molecule has 7 aromatic rings. The zero-order chi connectivity index (χ0) is 29.3. The number of nitrogens with zero attached hydrogens (tertiary/aromatic N) is 1. The first kappa shape index (κ1) is 26.9. The maximum absolute atomic E-state index is 2.66. The minimum Gasteiger partial charge on any atom is -0.309 e. The zero-order valence-corrected chi connectivity index (χ0v) is 26.1. The van der Waals surface area contributed by atoms with Crippen molar-refractivity contribution in [3.63, 3.8) is 0 Å². The van der Waals surface area contributed by atoms with Crippen molar-refractivity contribution >= 4 is 50.6 Å². The van der Waals surface area contributed by atoms with Crippen LogP contribution in [0, 0.1) is 0 Å². The van der Waals surface area contributed by atoms with E-state index in [1.807, 2.05) is 0 Å². The molecule has 0 amide bonds. The summed E-state index contributed by atoms with van der Waals surface area (Å²) < 4.78 is 2.42. The van der Waals surface area contributed by atoms with Crippen molar-refractivity contribution < 1.29 is 0 Å². The molecule has 214 valence electrons. The van der Waals surface area contributed by atoms with E-state index in [0.717, 1.165) is 0 Å². The standard InChI is InChI=1S/C42H37NSi/c1-5-15-32(16-6-1)33-25-27-37(28-26-33)44(35-19-9-3-10-20-35,36-21-11-4-12-22-36)38-29-30-42-40(31-38)39-23-13-14-24-41(39)43(42)34-17-7-2-8-18-34/h2-4,7-14,17-32H,1,5-6,15-16H2. The van der Waals surface area contributed by atoms with Gasteiger partial charge in [-0.15, -0.1) is 0 Å². The van der Waals surface area contributed by atoms with Gasteiger partial charge in [0.1, 0.15) is 0 Å². The van der Waals surface area contributed by atoms with Crippen molar-refractivity contribution in [1.29, 1.82) is 0 Å². The van der Waals surface area contributed by atoms with E-state index in [1.54, 1.807) is 0 Å². The molecule has 0 unspecified atom stereocenters. The number of hydrogen-bond acceptors (Lipinski definition) is 0. The number of rotatable bonds is 6. The van der Waals surface area contributed by atoms with Gasteiger partial charge in [0.25, 0.3) is 0 Å². The zero-order valence-electron chi connectivity index (χ0n) is 25.1. The summed E-state index contributed by atoms with van der Waals surface area (Å²) in [6.45, 7) is 0. The molecule has 1 aliphatic rings. The van der Waals surface area contributed by atoms with E-state index in [4.69, 9.17) is 0 Å². The molecule has 0 spiro atoms. The van der Waals surface area contributed by atoms with Crippen molar-refractivity contribution in [2.24, 2.45) is 0 Å². The van der Waals surface area contributed by atoms with Crippen molar-refractivity contribution in [3.05, 3.63) is 163 Å². The van der Waals surface area contributed by atoms with Crippen LogP contribution in [0.4, 0.5) is 0 Å². The van der Waals surface area contributed by atoms with E-state index < -0.39 is 8.07 Å². The molecule has 6 aromatic carbocycles. The Hall–Kier alpha value is -4.66. The Bertz CT molecular complexity index is 1980. The largest absolute Gasteiger partial charge is 0.309 e. The molecule has 1 saturated carbocycles. The van der Waals surface area contributed by atoms with Gasteiger partial charge in [0.05, 0.1) is 11.0 Å². The molecule has 0 radical (unpaired) electrons. The fourth-order valence-corrected chi connectivity index (χ4v) is 12.6. The highest BCUT2D eigenvalue weighted by molar-refractivity contribution is 7.20. The predicted octanol–water partition coefficient (Wildman–Crippen LogP) is 8.21. The van der Waals surface area contributed by atoms with Crippen molar-refractivity contribution in [1.82, 2.24) is 4.57 Å². The molecule has 0 saturated heterocycles. The lowest BCUT2D eigenvalue weighted by molar-refractivity contribution is 0.443. The summed E-state index contributed by atoms with van der Waals surface area (Å²) in [5.74, 6) is 0.697. The molecule has 0 atom stereocenters. The molecule has 8 rings (SSSR count). The van der Waals surface area contributed by atoms with E-state index in [1.165, 1.54) is 85.9 Å². The summed E-state index contributed by atoms with van der Waals surface area (Å²) in [5.41, 5.74) is 5.20. The Balaban J connectivity index is 1.41. The van der Waals surface area contributed by atoms with Crippen LogP contribution in [0.1, 0.15) is 43.6 Å². The average Bonchev–Trinajstić information content (AvgIpc) is 3.44. The third-order valence-electron chi connectivity index (χ3n) is 9.95. The van der Waals surface area contributed by atoms with Crippen LogP contribution in [0.2, 0.25) is 0 Å². The summed E-state index contributed by atoms with van der Waals surface area (Å²) in [5, 5.41) is 8.31. The summed E-state index contributed by atoms with van der Waals surface area (Å²) in [6, 6.07) is 59.5. The SMILES string of the molecule is c1ccc(-n2c3ccccc3c3cc([Si](c4ccccc4)(c4ccccc4)c4ccc(C5CCCCC5)cc4)ccc32)cc1. The molecule has 1 aromatic heterocycles. The van der Waals surface area contributed by atoms with Crippen LogP contribution in [0.5, 0.6) is 0 Å². The number of fused-ring (bicyclic) bond motifs is 3. The van der Waals surface area contributed by atoms with Crippen LogP contribution >= 0.6 is 0 Å². The molecule has 1 heterocycles. The minimum atomic E-state index is -2.66. The van der Waals surface area contributed by atoms with Gasteiger partial charge in [-0.25, -0.2) is 0 Å². The van der Waals surface area contributed by atoms with Gasteiger partial charge in [-0.05, 0) is 69.3 Å². The van der Waals surface area contributed by atoms with Gasteiger partial charge in [-0.3, -0.25) is 0 Å². The van der Waals surface area contributed by atoms with Gasteiger partial charge in [0.2, 0.25) is 0 Å². The highest BCUT2D eigenvalue weighted by Gasteiger charge is 2.41. The van der Waals surface area contributed by atoms with Crippen LogP contribution in [0.15, 0.2) is 158 Å². The quantitative estimate of drug-likeness (QED) is 0.137. The fraction of sp³-hybridized carbons (Fsp3) is 0.143. The lowest BCUT2D eigenvalue weighted by Crippen LogP contribution is -2.74. The molecular formula is C42H37NSi. The lowest BCUT2D eigenvalue weighted by atomic mass is 9.84. The van der Waals surface area contributed by atoms with Crippen molar-refractivity contribution in [2.75, 3.05) is 0 Å². The highest BCUT2D eigenvalue weighted by atomic mass is 28.3. The molecule has 2 heteroatoms. The third-order valence-corrected chi connectivity index (χ3v) is 14.7. The Kier molecular flexibility index (Phi) is 7.00. The van der Waals surface area contributed by atoms with E-state index in [0.29, 0.717) is 5.92 Å². The summed E-state index contributed by atoms with van der Waals surface area (Å²) in [4.78, 5) is 0. The van der Waals surface area contributed by atoms with Gasteiger partial charge >= 0.3 is 0 Å². The van der Waals surface area contributed by atoms with Crippen molar-refractivity contribution in [3.8, 4) is 5.69 Å². The van der Waals surface area contributed by atoms with E-state index >= 15 is 0 Å². The smallest absolute Gasteiger partial charge is 0.179 e. The Labute approximate surface area is 261 Å². The van der Waals surface area contributed by atoms with Gasteiger partial charge in [-0.1, -0.05) is 153 Å². The molecule has 0 N–H and O–H groups in total. The summed E-state index contributed by atoms with van der Waals surface area (Å²) in [6.07, 6.45) is 6.74. The van der Waals surface area contributed by atoms with E-state index in [-0.39, 0.29) is 0 Å². The molecule has 44 heavy (non-hydrogen) atoms. The van der Waals surface area contributed by atoms with Crippen LogP contribution < -0.4 is 20.7 Å². The maximum Gasteiger partial charge on any atom is 0.179 e. The van der Waals surface area contributed by atoms with E-state index in [9.17, 15) is 0 Å². The second-order valence-corrected chi connectivity index (χ2v) is 16.2. The number of benzene rings is 6. The van der Waals surface area contributed by atoms with Gasteiger partial charge in [-0.2, -0.15) is 0 Å². The number of para-hydroxylation sites is 2.